The quantitative estimate of drug-likeness (QED) is 0.314. The third-order valence-corrected chi connectivity index (χ3v) is 7.86. The van der Waals surface area contributed by atoms with Gasteiger partial charge in [-0.3, -0.25) is 13.9 Å². The van der Waals surface area contributed by atoms with Crippen LogP contribution in [-0.4, -0.2) is 50.5 Å². The zero-order chi connectivity index (χ0) is 28.6. The van der Waals surface area contributed by atoms with Crippen molar-refractivity contribution >= 4 is 43.5 Å². The molecule has 0 aliphatic heterocycles. The van der Waals surface area contributed by atoms with Gasteiger partial charge in [0.2, 0.25) is 21.8 Å². The predicted molar refractivity (Wildman–Crippen MR) is 160 cm³/mol. The van der Waals surface area contributed by atoms with Gasteiger partial charge in [0, 0.05) is 24.0 Å². The number of aryl methyl sites for hydroxylation is 1. The number of carbonyl (C=O) groups excluding carboxylic acids is 2. The second-order valence-electron chi connectivity index (χ2n) is 10.1. The number of carbonyl (C=O) groups is 2. The van der Waals surface area contributed by atoms with Crippen LogP contribution in [0.1, 0.15) is 30.5 Å². The topological polar surface area (TPSA) is 86.8 Å². The predicted octanol–water partition coefficient (Wildman–Crippen LogP) is 4.94. The molecule has 0 aliphatic rings. The van der Waals surface area contributed by atoms with Crippen molar-refractivity contribution in [3.8, 4) is 0 Å². The van der Waals surface area contributed by atoms with Gasteiger partial charge in [0.25, 0.3) is 0 Å². The maximum atomic E-state index is 14.0. The fraction of sp³-hybridized carbons (Fsp3) is 0.333. The van der Waals surface area contributed by atoms with E-state index in [-0.39, 0.29) is 24.8 Å². The Morgan fingerprint density at radius 2 is 1.59 bits per heavy atom. The number of benzene rings is 3. The molecule has 0 bridgehead atoms. The molecule has 39 heavy (non-hydrogen) atoms. The summed E-state index contributed by atoms with van der Waals surface area (Å²) in [6, 6.07) is 23.2. The molecule has 7 nitrogen and oxygen atoms in total. The molecule has 0 saturated heterocycles. The van der Waals surface area contributed by atoms with Crippen LogP contribution in [0.3, 0.4) is 0 Å². The van der Waals surface area contributed by atoms with E-state index in [1.807, 2.05) is 81.4 Å². The molecule has 0 heterocycles. The van der Waals surface area contributed by atoms with E-state index in [0.29, 0.717) is 12.2 Å². The maximum Gasteiger partial charge on any atom is 0.244 e. The number of nitrogens with one attached hydrogen (secondary N) is 1. The monoisotopic (exact) mass is 613 g/mol. The average Bonchev–Trinajstić information content (AvgIpc) is 2.88. The van der Waals surface area contributed by atoms with Crippen molar-refractivity contribution < 1.29 is 18.0 Å². The van der Waals surface area contributed by atoms with Crippen LogP contribution in [0.2, 0.25) is 0 Å². The Kier molecular flexibility index (Phi) is 10.7. The number of hydrogen-bond acceptors (Lipinski definition) is 4. The molecule has 208 valence electrons. The van der Waals surface area contributed by atoms with Gasteiger partial charge in [-0.25, -0.2) is 8.42 Å². The highest BCUT2D eigenvalue weighted by atomic mass is 79.9. The lowest BCUT2D eigenvalue weighted by atomic mass is 10.0. The van der Waals surface area contributed by atoms with Crippen molar-refractivity contribution in [3.05, 3.63) is 100 Å². The van der Waals surface area contributed by atoms with Gasteiger partial charge in [-0.1, -0.05) is 84.4 Å². The van der Waals surface area contributed by atoms with Crippen LogP contribution >= 0.6 is 15.9 Å². The van der Waals surface area contributed by atoms with Gasteiger partial charge in [0.15, 0.2) is 0 Å². The number of anilines is 1. The molecule has 2 amide bonds. The molecule has 0 fully saturated rings. The minimum absolute atomic E-state index is 0.143. The maximum absolute atomic E-state index is 14.0. The van der Waals surface area contributed by atoms with Gasteiger partial charge in [0.1, 0.15) is 12.6 Å². The third kappa shape index (κ3) is 9.21. The summed E-state index contributed by atoms with van der Waals surface area (Å²) in [5.41, 5.74) is 2.99. The first kappa shape index (κ1) is 30.4. The number of amides is 2. The van der Waals surface area contributed by atoms with Gasteiger partial charge in [-0.05, 0) is 53.8 Å². The summed E-state index contributed by atoms with van der Waals surface area (Å²) in [6.07, 6.45) is 1.37. The van der Waals surface area contributed by atoms with Gasteiger partial charge in [0.05, 0.1) is 11.9 Å². The summed E-state index contributed by atoms with van der Waals surface area (Å²) in [5, 5.41) is 2.98. The lowest BCUT2D eigenvalue weighted by molar-refractivity contribution is -0.140. The van der Waals surface area contributed by atoms with E-state index >= 15 is 0 Å². The van der Waals surface area contributed by atoms with E-state index in [2.05, 4.69) is 21.2 Å². The second kappa shape index (κ2) is 13.8. The molecule has 1 unspecified atom stereocenters. The van der Waals surface area contributed by atoms with Crippen molar-refractivity contribution in [3.63, 3.8) is 0 Å². The molecule has 1 N–H and O–H groups in total. The Morgan fingerprint density at radius 1 is 0.923 bits per heavy atom. The number of sulfonamides is 1. The highest BCUT2D eigenvalue weighted by molar-refractivity contribution is 9.10. The molecular weight excluding hydrogens is 578 g/mol. The Labute approximate surface area is 240 Å². The van der Waals surface area contributed by atoms with E-state index in [4.69, 9.17) is 0 Å². The van der Waals surface area contributed by atoms with Crippen LogP contribution in [0.25, 0.3) is 0 Å². The summed E-state index contributed by atoms with van der Waals surface area (Å²) in [6.45, 7) is 6.04. The standard InChI is InChI=1S/C30H36BrN3O4S/c1-22(2)19-32-30(36)28(18-24-10-6-5-7-11-24)33(20-25-13-15-26(31)16-14-25)29(35)21-34(39(4,37)38)27-12-8-9-23(3)17-27/h5-17,22,28H,18-21H2,1-4H3,(H,32,36). The van der Waals surface area contributed by atoms with E-state index < -0.39 is 28.5 Å². The van der Waals surface area contributed by atoms with Gasteiger partial charge in [-0.15, -0.1) is 0 Å². The molecule has 0 aliphatic carbocycles. The molecular formula is C30H36BrN3O4S. The average molecular weight is 615 g/mol. The van der Waals surface area contributed by atoms with Crippen LogP contribution < -0.4 is 9.62 Å². The Morgan fingerprint density at radius 3 is 2.18 bits per heavy atom. The molecule has 3 rings (SSSR count). The minimum atomic E-state index is -3.79. The molecule has 0 radical (unpaired) electrons. The first-order valence-electron chi connectivity index (χ1n) is 12.8. The largest absolute Gasteiger partial charge is 0.354 e. The Hall–Kier alpha value is -3.17. The smallest absolute Gasteiger partial charge is 0.244 e. The number of halogens is 1. The summed E-state index contributed by atoms with van der Waals surface area (Å²) < 4.78 is 27.7. The van der Waals surface area contributed by atoms with Gasteiger partial charge in [-0.2, -0.15) is 0 Å². The SMILES string of the molecule is Cc1cccc(N(CC(=O)N(Cc2ccc(Br)cc2)C(Cc2ccccc2)C(=O)NCC(C)C)S(C)(=O)=O)c1. The first-order chi connectivity index (χ1) is 18.4. The number of nitrogens with zero attached hydrogens (tertiary/aromatic N) is 2. The highest BCUT2D eigenvalue weighted by Gasteiger charge is 2.33. The molecule has 3 aromatic rings. The number of hydrogen-bond donors (Lipinski definition) is 1. The highest BCUT2D eigenvalue weighted by Crippen LogP contribution is 2.22. The van der Waals surface area contributed by atoms with Crippen LogP contribution in [0.5, 0.6) is 0 Å². The normalized spacial score (nSPS) is 12.2. The summed E-state index contributed by atoms with van der Waals surface area (Å²) in [7, 11) is -3.79. The Bertz CT molecular complexity index is 1360. The molecule has 1 atom stereocenters. The van der Waals surface area contributed by atoms with E-state index in [1.54, 1.807) is 18.2 Å². The zero-order valence-corrected chi connectivity index (χ0v) is 25.2. The number of rotatable bonds is 12. The molecule has 9 heteroatoms. The lowest BCUT2D eigenvalue weighted by Gasteiger charge is -2.33. The summed E-state index contributed by atoms with van der Waals surface area (Å²) in [5.74, 6) is -0.519. The summed E-state index contributed by atoms with van der Waals surface area (Å²) in [4.78, 5) is 29.1. The van der Waals surface area contributed by atoms with Gasteiger partial charge < -0.3 is 10.2 Å². The van der Waals surface area contributed by atoms with Crippen molar-refractivity contribution in [1.29, 1.82) is 0 Å². The van der Waals surface area contributed by atoms with E-state index in [9.17, 15) is 18.0 Å². The van der Waals surface area contributed by atoms with Crippen molar-refractivity contribution in [2.24, 2.45) is 5.92 Å². The molecule has 3 aromatic carbocycles. The first-order valence-corrected chi connectivity index (χ1v) is 15.5. The minimum Gasteiger partial charge on any atom is -0.354 e. The molecule has 0 saturated carbocycles. The third-order valence-electron chi connectivity index (χ3n) is 6.19. The van der Waals surface area contributed by atoms with Crippen LogP contribution in [0.15, 0.2) is 83.3 Å². The molecule has 0 aromatic heterocycles. The van der Waals surface area contributed by atoms with Crippen LogP contribution in [0.4, 0.5) is 5.69 Å². The second-order valence-corrected chi connectivity index (χ2v) is 12.9. The van der Waals surface area contributed by atoms with Gasteiger partial charge >= 0.3 is 0 Å². The molecule has 0 spiro atoms. The Balaban J connectivity index is 2.04. The fourth-order valence-corrected chi connectivity index (χ4v) is 5.27. The lowest BCUT2D eigenvalue weighted by Crippen LogP contribution is -2.53. The van der Waals surface area contributed by atoms with E-state index in [0.717, 1.165) is 31.7 Å². The summed E-state index contributed by atoms with van der Waals surface area (Å²) >= 11 is 3.44. The van der Waals surface area contributed by atoms with Crippen molar-refractivity contribution in [2.75, 3.05) is 23.7 Å². The fourth-order valence-electron chi connectivity index (χ4n) is 4.16. The van der Waals surface area contributed by atoms with Crippen molar-refractivity contribution in [1.82, 2.24) is 10.2 Å². The van der Waals surface area contributed by atoms with Crippen LogP contribution in [-0.2, 0) is 32.6 Å². The van der Waals surface area contributed by atoms with E-state index in [1.165, 1.54) is 4.90 Å². The van der Waals surface area contributed by atoms with Crippen molar-refractivity contribution in [2.45, 2.75) is 39.8 Å². The van der Waals surface area contributed by atoms with Crippen LogP contribution in [0, 0.1) is 12.8 Å². The zero-order valence-electron chi connectivity index (χ0n) is 22.8.